The minimum atomic E-state index is -0.556. The second kappa shape index (κ2) is 8.44. The average Bonchev–Trinajstić information content (AvgIpc) is 3.12. The minimum Gasteiger partial charge on any atom is -0.491 e. The highest BCUT2D eigenvalue weighted by molar-refractivity contribution is 5.98. The number of hydrogen-bond donors (Lipinski definition) is 3. The molecular formula is C21H25N7O2. The number of aromatic nitrogens is 2. The fourth-order valence-corrected chi connectivity index (χ4v) is 3.39. The zero-order valence-corrected chi connectivity index (χ0v) is 16.7. The number of imidazole rings is 1. The molecule has 3 aromatic rings. The fourth-order valence-electron chi connectivity index (χ4n) is 3.39. The van der Waals surface area contributed by atoms with Crippen molar-refractivity contribution in [2.45, 2.75) is 12.7 Å². The van der Waals surface area contributed by atoms with Crippen molar-refractivity contribution in [3.63, 3.8) is 0 Å². The van der Waals surface area contributed by atoms with Gasteiger partial charge in [-0.05, 0) is 42.0 Å². The summed E-state index contributed by atoms with van der Waals surface area (Å²) >= 11 is 0. The van der Waals surface area contributed by atoms with Crippen molar-refractivity contribution < 1.29 is 9.47 Å². The van der Waals surface area contributed by atoms with Gasteiger partial charge in [0, 0.05) is 18.5 Å². The van der Waals surface area contributed by atoms with E-state index in [1.54, 1.807) is 18.3 Å². The van der Waals surface area contributed by atoms with Crippen LogP contribution in [0.15, 0.2) is 59.9 Å². The molecule has 1 unspecified atom stereocenters. The molecule has 6 N–H and O–H groups in total. The van der Waals surface area contributed by atoms with Crippen molar-refractivity contribution in [1.82, 2.24) is 9.55 Å². The summed E-state index contributed by atoms with van der Waals surface area (Å²) in [5.41, 5.74) is 21.9. The van der Waals surface area contributed by atoms with E-state index in [-0.39, 0.29) is 0 Å². The summed E-state index contributed by atoms with van der Waals surface area (Å²) in [6.45, 7) is 1.58. The summed E-state index contributed by atoms with van der Waals surface area (Å²) in [4.78, 5) is 10.8. The van der Waals surface area contributed by atoms with Crippen LogP contribution < -0.4 is 26.8 Å². The molecule has 0 aliphatic carbocycles. The number of nitrogens with two attached hydrogens (primary N) is 3. The molecule has 156 valence electrons. The first-order valence-electron chi connectivity index (χ1n) is 9.57. The van der Waals surface area contributed by atoms with E-state index in [1.807, 2.05) is 53.1 Å². The Labute approximate surface area is 174 Å². The maximum Gasteiger partial charge on any atom is 0.204 e. The van der Waals surface area contributed by atoms with Crippen LogP contribution in [0.4, 0.5) is 17.2 Å². The molecule has 1 aliphatic rings. The summed E-state index contributed by atoms with van der Waals surface area (Å²) < 4.78 is 12.5. The van der Waals surface area contributed by atoms with E-state index in [9.17, 15) is 0 Å². The molecule has 2 heterocycles. The van der Waals surface area contributed by atoms with Crippen LogP contribution in [-0.4, -0.2) is 35.8 Å². The van der Waals surface area contributed by atoms with Crippen LogP contribution in [0.5, 0.6) is 5.75 Å². The van der Waals surface area contributed by atoms with Crippen LogP contribution in [0.25, 0.3) is 0 Å². The molecule has 9 heteroatoms. The van der Waals surface area contributed by atoms with Gasteiger partial charge in [-0.1, -0.05) is 12.1 Å². The van der Waals surface area contributed by atoms with Crippen molar-refractivity contribution in [2.24, 2.45) is 16.5 Å². The quantitative estimate of drug-likeness (QED) is 0.403. The molecule has 2 aromatic carbocycles. The minimum absolute atomic E-state index is 0.303. The molecule has 0 spiro atoms. The summed E-state index contributed by atoms with van der Waals surface area (Å²) in [6, 6.07) is 15.2. The Bertz CT molecular complexity index is 1050. The predicted molar refractivity (Wildman–Crippen MR) is 117 cm³/mol. The lowest BCUT2D eigenvalue weighted by atomic mass is 10.2. The van der Waals surface area contributed by atoms with Gasteiger partial charge in [0.1, 0.15) is 24.2 Å². The Kier molecular flexibility index (Phi) is 5.55. The monoisotopic (exact) mass is 407 g/mol. The van der Waals surface area contributed by atoms with Crippen LogP contribution in [0.1, 0.15) is 17.4 Å². The van der Waals surface area contributed by atoms with Crippen molar-refractivity contribution in [3.05, 3.63) is 66.1 Å². The average molecular weight is 407 g/mol. The first-order chi connectivity index (χ1) is 14.6. The number of methoxy groups -OCH3 is 1. The van der Waals surface area contributed by atoms with Gasteiger partial charge in [0.25, 0.3) is 0 Å². The molecular weight excluding hydrogens is 382 g/mol. The fraction of sp³-hybridized carbons (Fsp3) is 0.238. The zero-order valence-electron chi connectivity index (χ0n) is 16.7. The lowest BCUT2D eigenvalue weighted by Crippen LogP contribution is -2.46. The molecule has 4 rings (SSSR count). The van der Waals surface area contributed by atoms with Crippen molar-refractivity contribution in [1.29, 1.82) is 0 Å². The van der Waals surface area contributed by atoms with Gasteiger partial charge < -0.3 is 31.2 Å². The SMILES string of the molecule is COCCOc1ccc(N2C(N)=Nc3c(ncn3Cc3cccc(N)c3)C2N)cc1. The summed E-state index contributed by atoms with van der Waals surface area (Å²) in [6.07, 6.45) is 1.17. The van der Waals surface area contributed by atoms with Gasteiger partial charge in [-0.15, -0.1) is 0 Å². The molecule has 1 aromatic heterocycles. The molecule has 0 bridgehead atoms. The van der Waals surface area contributed by atoms with Crippen LogP contribution in [0.2, 0.25) is 0 Å². The number of aliphatic imine (C=N–C) groups is 1. The Balaban J connectivity index is 1.55. The van der Waals surface area contributed by atoms with Gasteiger partial charge in [-0.2, -0.15) is 4.99 Å². The standard InChI is InChI=1S/C21H25N7O2/c1-29-9-10-30-17-7-5-16(6-8-17)28-19(23)18-20(26-21(28)24)27(13-25-18)12-14-3-2-4-15(22)11-14/h2-8,11,13,19H,9-10,12,22-23H2,1H3,(H2,24,26). The largest absolute Gasteiger partial charge is 0.491 e. The Hall–Kier alpha value is -3.56. The number of guanidine groups is 1. The van der Waals surface area contributed by atoms with Crippen LogP contribution in [0, 0.1) is 0 Å². The van der Waals surface area contributed by atoms with E-state index in [2.05, 4.69) is 9.98 Å². The van der Waals surface area contributed by atoms with Crippen molar-refractivity contribution >= 4 is 23.2 Å². The molecule has 1 aliphatic heterocycles. The molecule has 0 saturated carbocycles. The van der Waals surface area contributed by atoms with Crippen molar-refractivity contribution in [3.8, 4) is 5.75 Å². The smallest absolute Gasteiger partial charge is 0.204 e. The van der Waals surface area contributed by atoms with Gasteiger partial charge in [0.05, 0.1) is 19.5 Å². The Morgan fingerprint density at radius 3 is 2.60 bits per heavy atom. The van der Waals surface area contributed by atoms with Gasteiger partial charge in [-0.3, -0.25) is 4.90 Å². The second-order valence-corrected chi connectivity index (χ2v) is 6.95. The Morgan fingerprint density at radius 1 is 1.07 bits per heavy atom. The highest BCUT2D eigenvalue weighted by atomic mass is 16.5. The first kappa shape index (κ1) is 19.7. The third-order valence-electron chi connectivity index (χ3n) is 4.84. The topological polar surface area (TPSA) is 130 Å². The van der Waals surface area contributed by atoms with Gasteiger partial charge in [0.15, 0.2) is 5.82 Å². The van der Waals surface area contributed by atoms with Gasteiger partial charge in [-0.25, -0.2) is 4.98 Å². The number of ether oxygens (including phenoxy) is 2. The van der Waals surface area contributed by atoms with Gasteiger partial charge >= 0.3 is 0 Å². The van der Waals surface area contributed by atoms with E-state index in [0.29, 0.717) is 42.9 Å². The number of benzene rings is 2. The van der Waals surface area contributed by atoms with Crippen LogP contribution in [-0.2, 0) is 11.3 Å². The van der Waals surface area contributed by atoms with Crippen LogP contribution >= 0.6 is 0 Å². The number of fused-ring (bicyclic) bond motifs is 1. The van der Waals surface area contributed by atoms with E-state index < -0.39 is 6.17 Å². The molecule has 30 heavy (non-hydrogen) atoms. The Morgan fingerprint density at radius 2 is 1.87 bits per heavy atom. The summed E-state index contributed by atoms with van der Waals surface area (Å²) in [5, 5.41) is 0. The van der Waals surface area contributed by atoms with Crippen molar-refractivity contribution in [2.75, 3.05) is 31.0 Å². The summed E-state index contributed by atoms with van der Waals surface area (Å²) in [7, 11) is 1.64. The highest BCUT2D eigenvalue weighted by Crippen LogP contribution is 2.34. The van der Waals surface area contributed by atoms with E-state index in [1.165, 1.54) is 0 Å². The number of hydrogen-bond acceptors (Lipinski definition) is 8. The maximum atomic E-state index is 6.50. The molecule has 9 nitrogen and oxygen atoms in total. The third-order valence-corrected chi connectivity index (χ3v) is 4.84. The van der Waals surface area contributed by atoms with Gasteiger partial charge in [0.2, 0.25) is 5.96 Å². The molecule has 1 atom stereocenters. The lowest BCUT2D eigenvalue weighted by Gasteiger charge is -2.32. The zero-order chi connectivity index (χ0) is 21.1. The molecule has 0 saturated heterocycles. The number of nitrogen functional groups attached to an aromatic ring is 1. The lowest BCUT2D eigenvalue weighted by molar-refractivity contribution is 0.146. The highest BCUT2D eigenvalue weighted by Gasteiger charge is 2.30. The normalized spacial score (nSPS) is 15.6. The van der Waals surface area contributed by atoms with E-state index in [0.717, 1.165) is 17.0 Å². The first-order valence-corrected chi connectivity index (χ1v) is 9.57. The van der Waals surface area contributed by atoms with E-state index in [4.69, 9.17) is 26.7 Å². The second-order valence-electron chi connectivity index (χ2n) is 6.95. The molecule has 0 amide bonds. The number of anilines is 2. The number of rotatable bonds is 7. The number of nitrogens with zero attached hydrogens (tertiary/aromatic N) is 4. The maximum absolute atomic E-state index is 6.50. The third kappa shape index (κ3) is 3.93. The van der Waals surface area contributed by atoms with E-state index >= 15 is 0 Å². The predicted octanol–water partition coefficient (Wildman–Crippen LogP) is 1.96. The summed E-state index contributed by atoms with van der Waals surface area (Å²) in [5.74, 6) is 1.69. The molecule has 0 fully saturated rings. The molecule has 0 radical (unpaired) electrons. The van der Waals surface area contributed by atoms with Crippen LogP contribution in [0.3, 0.4) is 0 Å².